The molecule has 0 saturated carbocycles. The topological polar surface area (TPSA) is 59.4 Å². The first-order valence-corrected chi connectivity index (χ1v) is 9.84. The van der Waals surface area contributed by atoms with E-state index in [9.17, 15) is 4.79 Å². The zero-order valence-electron chi connectivity index (χ0n) is 15.6. The summed E-state index contributed by atoms with van der Waals surface area (Å²) in [6.07, 6.45) is 3.68. The van der Waals surface area contributed by atoms with E-state index in [1.165, 1.54) is 0 Å². The molecule has 1 unspecified atom stereocenters. The van der Waals surface area contributed by atoms with Gasteiger partial charge in [0, 0.05) is 49.5 Å². The molecule has 4 rings (SSSR count). The minimum absolute atomic E-state index is 0. The summed E-state index contributed by atoms with van der Waals surface area (Å²) in [6, 6.07) is 11.4. The fourth-order valence-electron chi connectivity index (χ4n) is 3.31. The van der Waals surface area contributed by atoms with Crippen LogP contribution in [0, 0.1) is 0 Å². The first-order chi connectivity index (χ1) is 13.2. The van der Waals surface area contributed by atoms with Gasteiger partial charge in [0.05, 0.1) is 0 Å². The Balaban J connectivity index is 0.00000225. The van der Waals surface area contributed by atoms with E-state index in [1.807, 2.05) is 64.5 Å². The number of benzene rings is 1. The van der Waals surface area contributed by atoms with E-state index in [0.717, 1.165) is 17.2 Å². The average molecular weight is 419 g/mol. The highest BCUT2D eigenvalue weighted by Crippen LogP contribution is 2.24. The number of rotatable bonds is 5. The van der Waals surface area contributed by atoms with Crippen LogP contribution < -0.4 is 10.1 Å². The van der Waals surface area contributed by atoms with Gasteiger partial charge in [0.25, 0.3) is 5.91 Å². The number of piperazine rings is 1. The minimum atomic E-state index is -0.0815. The number of ether oxygens (including phenoxy) is 1. The second-order valence-corrected chi connectivity index (χ2v) is 7.54. The summed E-state index contributed by atoms with van der Waals surface area (Å²) in [4.78, 5) is 20.7. The molecule has 8 heteroatoms. The van der Waals surface area contributed by atoms with Gasteiger partial charge < -0.3 is 19.5 Å². The molecule has 0 radical (unpaired) electrons. The van der Waals surface area contributed by atoms with Gasteiger partial charge in [-0.25, -0.2) is 4.98 Å². The van der Waals surface area contributed by atoms with Crippen LogP contribution in [-0.4, -0.2) is 40.0 Å². The maximum atomic E-state index is 13.2. The van der Waals surface area contributed by atoms with Gasteiger partial charge in [0.2, 0.25) is 0 Å². The monoisotopic (exact) mass is 418 g/mol. The number of aromatic nitrogens is 2. The minimum Gasteiger partial charge on any atom is -0.488 e. The molecule has 148 valence electrons. The number of nitrogens with zero attached hydrogens (tertiary/aromatic N) is 3. The van der Waals surface area contributed by atoms with Gasteiger partial charge in [-0.05, 0) is 29.6 Å². The smallest absolute Gasteiger partial charge is 0.254 e. The lowest BCUT2D eigenvalue weighted by Gasteiger charge is -2.35. The third kappa shape index (κ3) is 4.38. The highest BCUT2D eigenvalue weighted by Gasteiger charge is 2.31. The van der Waals surface area contributed by atoms with E-state index in [4.69, 9.17) is 4.74 Å². The zero-order chi connectivity index (χ0) is 18.6. The quantitative estimate of drug-likeness (QED) is 0.690. The third-order valence-electron chi connectivity index (χ3n) is 4.70. The first kappa shape index (κ1) is 20.4. The van der Waals surface area contributed by atoms with Crippen molar-refractivity contribution >= 4 is 29.7 Å². The van der Waals surface area contributed by atoms with E-state index in [2.05, 4.69) is 10.3 Å². The lowest BCUT2D eigenvalue weighted by Crippen LogP contribution is -2.49. The number of hydrogen-bond donors (Lipinski definition) is 1. The molecule has 6 nitrogen and oxygen atoms in total. The van der Waals surface area contributed by atoms with Crippen LogP contribution in [0.25, 0.3) is 0 Å². The van der Waals surface area contributed by atoms with Crippen molar-refractivity contribution in [1.82, 2.24) is 19.8 Å². The van der Waals surface area contributed by atoms with Crippen molar-refractivity contribution < 1.29 is 9.53 Å². The average Bonchev–Trinajstić information content (AvgIpc) is 3.37. The number of aryl methyl sites for hydroxylation is 1. The van der Waals surface area contributed by atoms with Gasteiger partial charge >= 0.3 is 0 Å². The Morgan fingerprint density at radius 3 is 3.00 bits per heavy atom. The lowest BCUT2D eigenvalue weighted by molar-refractivity contribution is 0.0620. The Morgan fingerprint density at radius 2 is 2.25 bits per heavy atom. The van der Waals surface area contributed by atoms with Gasteiger partial charge in [-0.15, -0.1) is 23.7 Å². The summed E-state index contributed by atoms with van der Waals surface area (Å²) < 4.78 is 7.83. The van der Waals surface area contributed by atoms with E-state index < -0.39 is 0 Å². The predicted molar refractivity (Wildman–Crippen MR) is 112 cm³/mol. The molecule has 0 spiro atoms. The van der Waals surface area contributed by atoms with Crippen molar-refractivity contribution in [2.45, 2.75) is 12.6 Å². The lowest BCUT2D eigenvalue weighted by atomic mass is 10.1. The first-order valence-electron chi connectivity index (χ1n) is 8.96. The fraction of sp³-hybridized carbons (Fsp3) is 0.300. The molecule has 1 amide bonds. The van der Waals surface area contributed by atoms with Crippen LogP contribution in [0.15, 0.2) is 54.2 Å². The maximum absolute atomic E-state index is 13.2. The number of halogens is 1. The van der Waals surface area contributed by atoms with Crippen molar-refractivity contribution in [3.8, 4) is 5.75 Å². The highest BCUT2D eigenvalue weighted by atomic mass is 35.5. The molecule has 2 aromatic heterocycles. The van der Waals surface area contributed by atoms with E-state index in [1.54, 1.807) is 17.5 Å². The van der Waals surface area contributed by atoms with Crippen LogP contribution in [0.4, 0.5) is 0 Å². The summed E-state index contributed by atoms with van der Waals surface area (Å²) in [5.74, 6) is 1.60. The Morgan fingerprint density at radius 1 is 1.36 bits per heavy atom. The SMILES string of the molecule is Cl.Cn1ccnc1C1CNCCN1C(=O)c1cccc(OCc2cccs2)c1. The van der Waals surface area contributed by atoms with Crippen molar-refractivity contribution in [2.24, 2.45) is 7.05 Å². The third-order valence-corrected chi connectivity index (χ3v) is 5.55. The van der Waals surface area contributed by atoms with E-state index >= 15 is 0 Å². The second kappa shape index (κ2) is 9.23. The molecule has 1 aliphatic rings. The number of hydrogen-bond acceptors (Lipinski definition) is 5. The normalized spacial score (nSPS) is 16.5. The van der Waals surface area contributed by atoms with Gasteiger partial charge in [0.15, 0.2) is 0 Å². The Labute approximate surface area is 174 Å². The largest absolute Gasteiger partial charge is 0.488 e. The maximum Gasteiger partial charge on any atom is 0.254 e. The van der Waals surface area contributed by atoms with Crippen molar-refractivity contribution in [1.29, 1.82) is 0 Å². The Bertz CT molecular complexity index is 913. The molecule has 0 bridgehead atoms. The number of carbonyl (C=O) groups excluding carboxylic acids is 1. The second-order valence-electron chi connectivity index (χ2n) is 6.51. The Hall–Kier alpha value is -2.35. The molecule has 1 aliphatic heterocycles. The molecular weight excluding hydrogens is 396 g/mol. The highest BCUT2D eigenvalue weighted by molar-refractivity contribution is 7.09. The van der Waals surface area contributed by atoms with Gasteiger partial charge in [-0.2, -0.15) is 0 Å². The van der Waals surface area contributed by atoms with Crippen LogP contribution in [-0.2, 0) is 13.7 Å². The fourth-order valence-corrected chi connectivity index (χ4v) is 3.93. The molecule has 0 aliphatic carbocycles. The molecule has 1 saturated heterocycles. The number of imidazole rings is 1. The molecule has 1 N–H and O–H groups in total. The molecule has 1 atom stereocenters. The van der Waals surface area contributed by atoms with E-state index in [0.29, 0.717) is 31.0 Å². The summed E-state index contributed by atoms with van der Waals surface area (Å²) in [6.45, 7) is 2.64. The van der Waals surface area contributed by atoms with Crippen LogP contribution in [0.3, 0.4) is 0 Å². The van der Waals surface area contributed by atoms with Gasteiger partial charge in [0.1, 0.15) is 24.2 Å². The summed E-state index contributed by atoms with van der Waals surface area (Å²) in [5.41, 5.74) is 0.639. The van der Waals surface area contributed by atoms with Crippen molar-refractivity contribution in [3.05, 3.63) is 70.4 Å². The standard InChI is InChI=1S/C20H22N4O2S.ClH/c1-23-9-8-22-19(23)18-13-21-7-10-24(18)20(25)15-4-2-5-16(12-15)26-14-17-6-3-11-27-17;/h2-6,8-9,11-12,18,21H,7,10,13-14H2,1H3;1H. The van der Waals surface area contributed by atoms with Crippen LogP contribution >= 0.6 is 23.7 Å². The van der Waals surface area contributed by atoms with Gasteiger partial charge in [-0.3, -0.25) is 4.79 Å². The zero-order valence-corrected chi connectivity index (χ0v) is 17.2. The van der Waals surface area contributed by atoms with E-state index in [-0.39, 0.29) is 24.4 Å². The molecule has 3 aromatic rings. The molecule has 3 heterocycles. The van der Waals surface area contributed by atoms with Crippen LogP contribution in [0.5, 0.6) is 5.75 Å². The van der Waals surface area contributed by atoms with Crippen LogP contribution in [0.1, 0.15) is 27.1 Å². The summed E-state index contributed by atoms with van der Waals surface area (Å²) in [7, 11) is 1.96. The molecule has 1 fully saturated rings. The number of thiophene rings is 1. The van der Waals surface area contributed by atoms with Crippen molar-refractivity contribution in [2.75, 3.05) is 19.6 Å². The van der Waals surface area contributed by atoms with Crippen molar-refractivity contribution in [3.63, 3.8) is 0 Å². The number of carbonyl (C=O) groups is 1. The molecule has 28 heavy (non-hydrogen) atoms. The molecular formula is C20H23ClN4O2S. The van der Waals surface area contributed by atoms with Crippen LogP contribution in [0.2, 0.25) is 0 Å². The number of nitrogens with one attached hydrogen (secondary N) is 1. The molecule has 1 aromatic carbocycles. The summed E-state index contributed by atoms with van der Waals surface area (Å²) in [5, 5.41) is 5.39. The predicted octanol–water partition coefficient (Wildman–Crippen LogP) is 3.27. The summed E-state index contributed by atoms with van der Waals surface area (Å²) >= 11 is 1.66. The van der Waals surface area contributed by atoms with Gasteiger partial charge in [-0.1, -0.05) is 12.1 Å². The number of amides is 1. The Kier molecular flexibility index (Phi) is 6.72.